The Morgan fingerprint density at radius 3 is 2.56 bits per heavy atom. The fourth-order valence-corrected chi connectivity index (χ4v) is 5.48. The number of aromatic nitrogens is 4. The van der Waals surface area contributed by atoms with Crippen molar-refractivity contribution in [1.82, 2.24) is 19.6 Å². The lowest BCUT2D eigenvalue weighted by atomic mass is 9.74. The number of nitrogens with two attached hydrogens (primary N) is 1. The fraction of sp³-hybridized carbons (Fsp3) is 0.370. The third-order valence-electron chi connectivity index (χ3n) is 7.16. The number of rotatable bonds is 6. The van der Waals surface area contributed by atoms with Crippen LogP contribution in [-0.4, -0.2) is 45.9 Å². The van der Waals surface area contributed by atoms with Crippen molar-refractivity contribution in [3.63, 3.8) is 0 Å². The lowest BCUT2D eigenvalue weighted by Gasteiger charge is -2.38. The van der Waals surface area contributed by atoms with Crippen LogP contribution < -0.4 is 10.5 Å². The largest absolute Gasteiger partial charge is 0.497 e. The van der Waals surface area contributed by atoms with Crippen LogP contribution in [0.25, 0.3) is 16.8 Å². The van der Waals surface area contributed by atoms with E-state index >= 15 is 0 Å². The van der Waals surface area contributed by atoms with E-state index in [1.54, 1.807) is 36.2 Å². The van der Waals surface area contributed by atoms with Crippen molar-refractivity contribution >= 4 is 5.52 Å². The van der Waals surface area contributed by atoms with Gasteiger partial charge in [0.15, 0.2) is 0 Å². The number of nitrogens with zero attached hydrogens (tertiary/aromatic N) is 4. The molecular weight excluding hydrogens is 464 g/mol. The second-order valence-corrected chi connectivity index (χ2v) is 9.46. The number of pyridine rings is 1. The van der Waals surface area contributed by atoms with Gasteiger partial charge in [-0.15, -0.1) is 0 Å². The van der Waals surface area contributed by atoms with Gasteiger partial charge in [-0.05, 0) is 54.0 Å². The van der Waals surface area contributed by atoms with Gasteiger partial charge in [0.05, 0.1) is 36.2 Å². The van der Waals surface area contributed by atoms with Gasteiger partial charge in [0.1, 0.15) is 23.2 Å². The van der Waals surface area contributed by atoms with E-state index in [1.807, 2.05) is 12.3 Å². The first-order chi connectivity index (χ1) is 17.4. The summed E-state index contributed by atoms with van der Waals surface area (Å²) >= 11 is 0. The standard InChI is InChI=1S/C27H29F2N5O2/c1-15-8-16(9-23(30)27(15)36-3)20-6-7-31-13-17(20)10-25-32-14-18-4-5-24(33-34(18)25)26-21(28)11-19(35-2)12-22(26)29/h4-7,11-16,23,27H,8-10,30H2,1-3H3/t15-,16+,23+,27-/m0/s1. The summed E-state index contributed by atoms with van der Waals surface area (Å²) in [4.78, 5) is 8.91. The van der Waals surface area contributed by atoms with Crippen LogP contribution in [0.2, 0.25) is 0 Å². The number of fused-ring (bicyclic) bond motifs is 1. The molecule has 1 saturated carbocycles. The Morgan fingerprint density at radius 2 is 1.86 bits per heavy atom. The highest BCUT2D eigenvalue weighted by Gasteiger charge is 2.35. The molecule has 5 rings (SSSR count). The van der Waals surface area contributed by atoms with E-state index in [2.05, 4.69) is 22.0 Å². The fourth-order valence-electron chi connectivity index (χ4n) is 5.48. The normalized spacial score (nSPS) is 22.2. The maximum Gasteiger partial charge on any atom is 0.139 e. The molecular formula is C27H29F2N5O2. The number of methoxy groups -OCH3 is 2. The summed E-state index contributed by atoms with van der Waals surface area (Å²) < 4.78 is 41.7. The van der Waals surface area contributed by atoms with Crippen molar-refractivity contribution in [3.8, 4) is 17.0 Å². The number of hydrogen-bond donors (Lipinski definition) is 1. The molecule has 4 aromatic rings. The van der Waals surface area contributed by atoms with Crippen molar-refractivity contribution in [2.45, 2.75) is 44.2 Å². The first-order valence-electron chi connectivity index (χ1n) is 12.0. The smallest absolute Gasteiger partial charge is 0.139 e. The molecule has 9 heteroatoms. The Hall–Kier alpha value is -3.43. The molecule has 3 aromatic heterocycles. The quantitative estimate of drug-likeness (QED) is 0.425. The van der Waals surface area contributed by atoms with Crippen LogP contribution in [0, 0.1) is 17.6 Å². The molecule has 1 fully saturated rings. The number of halogens is 2. The molecule has 0 radical (unpaired) electrons. The zero-order valence-electron chi connectivity index (χ0n) is 20.5. The monoisotopic (exact) mass is 493 g/mol. The Kier molecular flexibility index (Phi) is 6.68. The van der Waals surface area contributed by atoms with Crippen LogP contribution in [0.5, 0.6) is 5.75 Å². The van der Waals surface area contributed by atoms with Crippen molar-refractivity contribution in [3.05, 3.63) is 77.5 Å². The van der Waals surface area contributed by atoms with Gasteiger partial charge in [-0.1, -0.05) is 6.92 Å². The van der Waals surface area contributed by atoms with E-state index in [4.69, 9.17) is 15.2 Å². The van der Waals surface area contributed by atoms with Gasteiger partial charge < -0.3 is 15.2 Å². The van der Waals surface area contributed by atoms with Crippen LogP contribution in [0.3, 0.4) is 0 Å². The average Bonchev–Trinajstić information content (AvgIpc) is 3.25. The first kappa shape index (κ1) is 24.3. The maximum atomic E-state index is 14.7. The number of benzene rings is 1. The van der Waals surface area contributed by atoms with Gasteiger partial charge in [-0.2, -0.15) is 5.10 Å². The summed E-state index contributed by atoms with van der Waals surface area (Å²) in [6, 6.07) is 7.62. The molecule has 0 saturated heterocycles. The SMILES string of the molecule is COc1cc(F)c(-c2ccc3cnc(Cc4cnccc4[C@H]4C[C@@H](N)[C@@H](OC)[C@@H](C)C4)n3n2)c(F)c1. The minimum absolute atomic E-state index is 0.0455. The highest BCUT2D eigenvalue weighted by Crippen LogP contribution is 2.38. The molecule has 0 aliphatic heterocycles. The van der Waals surface area contributed by atoms with E-state index in [1.165, 1.54) is 12.7 Å². The van der Waals surface area contributed by atoms with Crippen LogP contribution in [0.1, 0.15) is 42.6 Å². The molecule has 3 heterocycles. The molecule has 0 spiro atoms. The molecule has 1 aliphatic rings. The minimum atomic E-state index is -0.743. The second kappa shape index (κ2) is 9.91. The number of imidazole rings is 1. The predicted octanol–water partition coefficient (Wildman–Crippen LogP) is 4.52. The van der Waals surface area contributed by atoms with E-state index in [9.17, 15) is 8.78 Å². The number of hydrogen-bond acceptors (Lipinski definition) is 6. The molecule has 0 amide bonds. The van der Waals surface area contributed by atoms with Crippen molar-refractivity contribution < 1.29 is 18.3 Å². The predicted molar refractivity (Wildman–Crippen MR) is 132 cm³/mol. The minimum Gasteiger partial charge on any atom is -0.497 e. The van der Waals surface area contributed by atoms with E-state index in [0.29, 0.717) is 18.2 Å². The van der Waals surface area contributed by atoms with E-state index in [-0.39, 0.29) is 35.1 Å². The van der Waals surface area contributed by atoms with Gasteiger partial charge in [0.25, 0.3) is 0 Å². The summed E-state index contributed by atoms with van der Waals surface area (Å²) in [6.07, 6.45) is 7.64. The molecule has 0 bridgehead atoms. The molecule has 188 valence electrons. The van der Waals surface area contributed by atoms with Gasteiger partial charge in [-0.25, -0.2) is 18.3 Å². The Balaban J connectivity index is 1.49. The third-order valence-corrected chi connectivity index (χ3v) is 7.16. The van der Waals surface area contributed by atoms with Crippen LogP contribution in [0.15, 0.2) is 48.9 Å². The van der Waals surface area contributed by atoms with Gasteiger partial charge in [-0.3, -0.25) is 4.98 Å². The van der Waals surface area contributed by atoms with Crippen LogP contribution in [0.4, 0.5) is 8.78 Å². The molecule has 1 aromatic carbocycles. The Morgan fingerprint density at radius 1 is 1.08 bits per heavy atom. The van der Waals surface area contributed by atoms with Crippen LogP contribution in [-0.2, 0) is 11.2 Å². The van der Waals surface area contributed by atoms with Crippen molar-refractivity contribution in [2.75, 3.05) is 14.2 Å². The molecule has 36 heavy (non-hydrogen) atoms. The molecule has 2 N–H and O–H groups in total. The zero-order valence-corrected chi connectivity index (χ0v) is 20.5. The first-order valence-corrected chi connectivity index (χ1v) is 12.0. The topological polar surface area (TPSA) is 87.6 Å². The summed E-state index contributed by atoms with van der Waals surface area (Å²) in [5, 5.41) is 4.54. The highest BCUT2D eigenvalue weighted by atomic mass is 19.1. The third kappa shape index (κ3) is 4.44. The maximum absolute atomic E-state index is 14.7. The van der Waals surface area contributed by atoms with Crippen molar-refractivity contribution in [2.24, 2.45) is 11.7 Å². The lowest BCUT2D eigenvalue weighted by molar-refractivity contribution is 0.00970. The lowest BCUT2D eigenvalue weighted by Crippen LogP contribution is -2.45. The molecule has 1 aliphatic carbocycles. The van der Waals surface area contributed by atoms with Gasteiger partial charge in [0.2, 0.25) is 0 Å². The average molecular weight is 494 g/mol. The van der Waals surface area contributed by atoms with Crippen molar-refractivity contribution in [1.29, 1.82) is 0 Å². The van der Waals surface area contributed by atoms with E-state index in [0.717, 1.165) is 36.1 Å². The summed E-state index contributed by atoms with van der Waals surface area (Å²) in [5.74, 6) is -0.125. The Bertz CT molecular complexity index is 1360. The molecule has 7 nitrogen and oxygen atoms in total. The van der Waals surface area contributed by atoms with Gasteiger partial charge >= 0.3 is 0 Å². The van der Waals surface area contributed by atoms with Gasteiger partial charge in [0, 0.05) is 44.1 Å². The Labute approximate surface area is 208 Å². The highest BCUT2D eigenvalue weighted by molar-refractivity contribution is 5.63. The van der Waals surface area contributed by atoms with E-state index < -0.39 is 11.6 Å². The summed E-state index contributed by atoms with van der Waals surface area (Å²) in [7, 11) is 3.08. The number of ether oxygens (including phenoxy) is 2. The zero-order chi connectivity index (χ0) is 25.4. The summed E-state index contributed by atoms with van der Waals surface area (Å²) in [6.45, 7) is 2.17. The second-order valence-electron chi connectivity index (χ2n) is 9.46. The molecule has 0 unspecified atom stereocenters. The summed E-state index contributed by atoms with van der Waals surface area (Å²) in [5.41, 5.74) is 9.34. The van der Waals surface area contributed by atoms with Crippen LogP contribution >= 0.6 is 0 Å². The molecule has 4 atom stereocenters.